The number of allylic oxidation sites excluding steroid dienone is 6. The Kier molecular flexibility index (Phi) is 8.61. The van der Waals surface area contributed by atoms with Crippen LogP contribution in [0.5, 0.6) is 11.5 Å². The number of aryl methyl sites for hydroxylation is 1. The first kappa shape index (κ1) is 23.3. The first-order valence-electron chi connectivity index (χ1n) is 11.2. The van der Waals surface area contributed by atoms with Crippen LogP contribution in [0.4, 0.5) is 0 Å². The summed E-state index contributed by atoms with van der Waals surface area (Å²) >= 11 is 0. The number of ether oxygens (including phenoxy) is 1. The van der Waals surface area contributed by atoms with E-state index in [0.29, 0.717) is 5.75 Å². The van der Waals surface area contributed by atoms with Crippen molar-refractivity contribution in [1.29, 1.82) is 0 Å². The van der Waals surface area contributed by atoms with E-state index in [2.05, 4.69) is 59.8 Å². The number of benzene rings is 1. The van der Waals surface area contributed by atoms with Crippen molar-refractivity contribution >= 4 is 0 Å². The molecule has 1 aromatic rings. The Labute approximate surface area is 178 Å². The van der Waals surface area contributed by atoms with Crippen LogP contribution < -0.4 is 4.74 Å². The topological polar surface area (TPSA) is 29.5 Å². The predicted molar refractivity (Wildman–Crippen MR) is 125 cm³/mol. The van der Waals surface area contributed by atoms with Crippen LogP contribution in [-0.4, -0.2) is 10.7 Å². The molecule has 1 heterocycles. The van der Waals surface area contributed by atoms with Crippen LogP contribution >= 0.6 is 0 Å². The highest BCUT2D eigenvalue weighted by Crippen LogP contribution is 2.42. The number of phenols is 1. The van der Waals surface area contributed by atoms with Gasteiger partial charge in [-0.15, -0.1) is 0 Å². The van der Waals surface area contributed by atoms with Crippen LogP contribution in [0.25, 0.3) is 0 Å². The first-order valence-corrected chi connectivity index (χ1v) is 11.2. The molecule has 1 unspecified atom stereocenters. The molecule has 2 rings (SSSR count). The normalized spacial score (nSPS) is 19.5. The second-order valence-electron chi connectivity index (χ2n) is 9.26. The number of phenolic OH excluding ortho intramolecular Hbond substituents is 1. The van der Waals surface area contributed by atoms with Crippen molar-refractivity contribution in [2.75, 3.05) is 0 Å². The molecule has 2 nitrogen and oxygen atoms in total. The van der Waals surface area contributed by atoms with Crippen LogP contribution in [0, 0.1) is 6.92 Å². The Bertz CT molecular complexity index is 778. The first-order chi connectivity index (χ1) is 13.7. The minimum Gasteiger partial charge on any atom is -0.504 e. The third-order valence-electron chi connectivity index (χ3n) is 6.01. The SMILES string of the molecule is CC(C)=CCC/C(C)=C/CC/C(C)=C/CCC1(C)CCc2c(C)ccc(O)c2O1. The van der Waals surface area contributed by atoms with E-state index < -0.39 is 0 Å². The zero-order valence-electron chi connectivity index (χ0n) is 19.4. The van der Waals surface area contributed by atoms with Crippen molar-refractivity contribution < 1.29 is 9.84 Å². The van der Waals surface area contributed by atoms with Crippen LogP contribution in [-0.2, 0) is 6.42 Å². The lowest BCUT2D eigenvalue weighted by Gasteiger charge is -2.36. The molecule has 1 aliphatic heterocycles. The summed E-state index contributed by atoms with van der Waals surface area (Å²) in [5.41, 5.74) is 6.53. The van der Waals surface area contributed by atoms with E-state index in [1.807, 2.05) is 6.07 Å². The van der Waals surface area contributed by atoms with Crippen LogP contribution in [0.1, 0.15) is 90.7 Å². The number of fused-ring (bicyclic) bond motifs is 1. The number of aromatic hydroxyl groups is 1. The summed E-state index contributed by atoms with van der Waals surface area (Å²) in [5, 5.41) is 10.2. The fourth-order valence-corrected chi connectivity index (χ4v) is 3.96. The Hall–Kier alpha value is -1.96. The van der Waals surface area contributed by atoms with Gasteiger partial charge >= 0.3 is 0 Å². The molecule has 2 heteroatoms. The molecule has 160 valence electrons. The highest BCUT2D eigenvalue weighted by molar-refractivity contribution is 5.51. The number of hydrogen-bond acceptors (Lipinski definition) is 2. The van der Waals surface area contributed by atoms with E-state index in [9.17, 15) is 5.11 Å². The van der Waals surface area contributed by atoms with Crippen molar-refractivity contribution in [1.82, 2.24) is 0 Å². The highest BCUT2D eigenvalue weighted by atomic mass is 16.5. The average molecular weight is 397 g/mol. The quantitative estimate of drug-likeness (QED) is 0.429. The van der Waals surface area contributed by atoms with Crippen molar-refractivity contribution in [2.45, 2.75) is 98.5 Å². The molecule has 1 atom stereocenters. The van der Waals surface area contributed by atoms with Gasteiger partial charge in [-0.25, -0.2) is 0 Å². The molecule has 0 saturated carbocycles. The molecule has 29 heavy (non-hydrogen) atoms. The van der Waals surface area contributed by atoms with Gasteiger partial charge in [0.1, 0.15) is 5.60 Å². The van der Waals surface area contributed by atoms with E-state index in [0.717, 1.165) is 51.4 Å². The summed E-state index contributed by atoms with van der Waals surface area (Å²) in [6.45, 7) is 13.1. The predicted octanol–water partition coefficient (Wildman–Crippen LogP) is 7.98. The van der Waals surface area contributed by atoms with Crippen molar-refractivity contribution in [3.05, 3.63) is 58.2 Å². The lowest BCUT2D eigenvalue weighted by molar-refractivity contribution is 0.0536. The maximum atomic E-state index is 10.2. The zero-order chi connectivity index (χ0) is 21.4. The van der Waals surface area contributed by atoms with Crippen LogP contribution in [0.15, 0.2) is 47.1 Å². The molecule has 0 saturated heterocycles. The monoisotopic (exact) mass is 396 g/mol. The molecule has 0 aromatic heterocycles. The van der Waals surface area contributed by atoms with E-state index >= 15 is 0 Å². The molecule has 0 aliphatic carbocycles. The van der Waals surface area contributed by atoms with Gasteiger partial charge in [0.25, 0.3) is 0 Å². The minimum atomic E-state index is -0.198. The van der Waals surface area contributed by atoms with Crippen molar-refractivity contribution in [3.8, 4) is 11.5 Å². The lowest BCUT2D eigenvalue weighted by Crippen LogP contribution is -2.36. The zero-order valence-corrected chi connectivity index (χ0v) is 19.4. The molecule has 1 aromatic carbocycles. The molecule has 1 N–H and O–H groups in total. The smallest absolute Gasteiger partial charge is 0.165 e. The molecule has 0 radical (unpaired) electrons. The summed E-state index contributed by atoms with van der Waals surface area (Å²) in [7, 11) is 0. The second-order valence-corrected chi connectivity index (χ2v) is 9.26. The maximum Gasteiger partial charge on any atom is 0.165 e. The molecule has 0 spiro atoms. The van der Waals surface area contributed by atoms with E-state index in [1.165, 1.54) is 27.8 Å². The van der Waals surface area contributed by atoms with Crippen LogP contribution in [0.3, 0.4) is 0 Å². The molecular weight excluding hydrogens is 356 g/mol. The van der Waals surface area contributed by atoms with E-state index in [4.69, 9.17) is 4.74 Å². The van der Waals surface area contributed by atoms with Gasteiger partial charge in [-0.3, -0.25) is 0 Å². The average Bonchev–Trinajstić information content (AvgIpc) is 2.64. The summed E-state index contributed by atoms with van der Waals surface area (Å²) in [6, 6.07) is 3.73. The Balaban J connectivity index is 1.80. The standard InChI is InChI=1S/C27H40O2/c1-20(2)10-7-11-21(3)12-8-13-22(4)14-9-18-27(6)19-17-24-23(5)15-16-25(28)26(24)29-27/h10,12,14-16,28H,7-9,11,13,17-19H2,1-6H3/b21-12+,22-14+. The van der Waals surface area contributed by atoms with Crippen LogP contribution in [0.2, 0.25) is 0 Å². The largest absolute Gasteiger partial charge is 0.504 e. The summed E-state index contributed by atoms with van der Waals surface area (Å²) < 4.78 is 6.29. The van der Waals surface area contributed by atoms with Gasteiger partial charge in [0.05, 0.1) is 0 Å². The van der Waals surface area contributed by atoms with Gasteiger partial charge in [0.15, 0.2) is 11.5 Å². The molecule has 0 amide bonds. The lowest BCUT2D eigenvalue weighted by atomic mass is 9.87. The van der Waals surface area contributed by atoms with E-state index in [-0.39, 0.29) is 11.4 Å². The molecular formula is C27H40O2. The molecule has 0 fully saturated rings. The minimum absolute atomic E-state index is 0.198. The second kappa shape index (κ2) is 10.7. The third-order valence-corrected chi connectivity index (χ3v) is 6.01. The van der Waals surface area contributed by atoms with Gasteiger partial charge in [-0.05, 0) is 105 Å². The van der Waals surface area contributed by atoms with Gasteiger partial charge in [-0.1, -0.05) is 41.0 Å². The van der Waals surface area contributed by atoms with Gasteiger partial charge in [-0.2, -0.15) is 0 Å². The number of hydrogen-bond donors (Lipinski definition) is 1. The highest BCUT2D eigenvalue weighted by Gasteiger charge is 2.33. The van der Waals surface area contributed by atoms with E-state index in [1.54, 1.807) is 6.07 Å². The number of rotatable bonds is 9. The Morgan fingerprint density at radius 1 is 1.00 bits per heavy atom. The fraction of sp³-hybridized carbons (Fsp3) is 0.556. The molecule has 0 bridgehead atoms. The van der Waals surface area contributed by atoms with Gasteiger partial charge < -0.3 is 9.84 Å². The van der Waals surface area contributed by atoms with Crippen molar-refractivity contribution in [2.24, 2.45) is 0 Å². The molecule has 1 aliphatic rings. The van der Waals surface area contributed by atoms with Gasteiger partial charge in [0, 0.05) is 5.56 Å². The summed E-state index contributed by atoms with van der Waals surface area (Å²) in [5.74, 6) is 0.975. The maximum absolute atomic E-state index is 10.2. The van der Waals surface area contributed by atoms with Gasteiger partial charge in [0.2, 0.25) is 0 Å². The fourth-order valence-electron chi connectivity index (χ4n) is 3.96. The van der Waals surface area contributed by atoms with Crippen molar-refractivity contribution in [3.63, 3.8) is 0 Å². The summed E-state index contributed by atoms with van der Waals surface area (Å²) in [6.07, 6.45) is 15.6. The third kappa shape index (κ3) is 7.42. The Morgan fingerprint density at radius 3 is 2.28 bits per heavy atom. The Morgan fingerprint density at radius 2 is 1.62 bits per heavy atom. The summed E-state index contributed by atoms with van der Waals surface area (Å²) in [4.78, 5) is 0.